The molecule has 0 saturated heterocycles. The van der Waals surface area contributed by atoms with Crippen molar-refractivity contribution in [2.75, 3.05) is 5.32 Å². The number of aliphatic hydroxyl groups excluding tert-OH is 1. The number of anilines is 1. The third-order valence-corrected chi connectivity index (χ3v) is 5.25. The minimum Gasteiger partial charge on any atom is -0.390 e. The van der Waals surface area contributed by atoms with E-state index in [1.807, 2.05) is 49.4 Å². The maximum Gasteiger partial charge on any atom is 0.320 e. The van der Waals surface area contributed by atoms with Crippen LogP contribution in [0.25, 0.3) is 16.6 Å². The fourth-order valence-corrected chi connectivity index (χ4v) is 3.76. The summed E-state index contributed by atoms with van der Waals surface area (Å²) in [4.78, 5) is 21.4. The lowest BCUT2D eigenvalue weighted by Gasteiger charge is -2.30. The van der Waals surface area contributed by atoms with Gasteiger partial charge in [0, 0.05) is 17.3 Å². The Hall–Kier alpha value is -3.82. The highest BCUT2D eigenvalue weighted by atomic mass is 16.3. The Bertz CT molecular complexity index is 1280. The molecule has 4 aromatic rings. The highest BCUT2D eigenvalue weighted by Gasteiger charge is 2.30. The molecule has 4 rings (SSSR count). The van der Waals surface area contributed by atoms with E-state index >= 15 is 0 Å². The van der Waals surface area contributed by atoms with Gasteiger partial charge < -0.3 is 15.5 Å². The van der Waals surface area contributed by atoms with Crippen molar-refractivity contribution in [2.24, 2.45) is 0 Å². The predicted octanol–water partition coefficient (Wildman–Crippen LogP) is 3.25. The Morgan fingerprint density at radius 3 is 2.61 bits per heavy atom. The summed E-state index contributed by atoms with van der Waals surface area (Å²) in [5, 5.41) is 31.2. The Morgan fingerprint density at radius 2 is 1.94 bits per heavy atom. The number of rotatable bonds is 6. The zero-order valence-corrected chi connectivity index (χ0v) is 18.6. The molecule has 1 atom stereocenters. The molecule has 0 aliphatic heterocycles. The van der Waals surface area contributed by atoms with E-state index in [4.69, 9.17) is 0 Å². The number of urea groups is 1. The molecule has 0 aliphatic carbocycles. The number of aliphatic hydroxyl groups is 2. The average molecular weight is 447 g/mol. The molecule has 33 heavy (non-hydrogen) atoms. The summed E-state index contributed by atoms with van der Waals surface area (Å²) < 4.78 is 1.69. The van der Waals surface area contributed by atoms with Gasteiger partial charge in [0.05, 0.1) is 41.3 Å². The van der Waals surface area contributed by atoms with E-state index in [0.29, 0.717) is 16.6 Å². The fourth-order valence-electron chi connectivity index (χ4n) is 3.76. The molecular formula is C24H26N6O3. The molecule has 0 spiro atoms. The highest BCUT2D eigenvalue weighted by molar-refractivity contribution is 5.92. The van der Waals surface area contributed by atoms with Crippen LogP contribution in [0, 0.1) is 6.92 Å². The first-order valence-corrected chi connectivity index (χ1v) is 10.5. The Morgan fingerprint density at radius 1 is 1.18 bits per heavy atom. The number of pyridine rings is 2. The molecule has 9 heteroatoms. The van der Waals surface area contributed by atoms with E-state index in [2.05, 4.69) is 25.7 Å². The van der Waals surface area contributed by atoms with Crippen LogP contribution in [0.4, 0.5) is 10.6 Å². The fraction of sp³-hybridized carbons (Fsp3) is 0.250. The van der Waals surface area contributed by atoms with E-state index in [-0.39, 0.29) is 12.4 Å². The number of aryl methyl sites for hydroxylation is 1. The predicted molar refractivity (Wildman–Crippen MR) is 125 cm³/mol. The molecular weight excluding hydrogens is 420 g/mol. The lowest BCUT2D eigenvalue weighted by Crippen LogP contribution is -2.44. The standard InChI is InChI=1S/C24H26N6O3/c1-15-11-18(9-10-25-15)30-21-17(13-26-30)12-20(27-19(21)14-31)28-23(32)29-22(24(2,3)33)16-7-5-4-6-8-16/h4-13,22,31,33H,14H2,1-3H3,(H2,27,28,29,32)/t22-/m0/s1. The molecule has 0 radical (unpaired) electrons. The van der Waals surface area contributed by atoms with Gasteiger partial charge in [0.25, 0.3) is 0 Å². The lowest BCUT2D eigenvalue weighted by atomic mass is 9.92. The smallest absolute Gasteiger partial charge is 0.320 e. The number of benzene rings is 1. The summed E-state index contributed by atoms with van der Waals surface area (Å²) in [6.45, 7) is 4.82. The number of carbonyl (C=O) groups excluding carboxylic acids is 1. The first-order valence-electron chi connectivity index (χ1n) is 10.5. The first kappa shape index (κ1) is 22.4. The summed E-state index contributed by atoms with van der Waals surface area (Å²) >= 11 is 0. The van der Waals surface area contributed by atoms with Crippen LogP contribution in [-0.4, -0.2) is 41.6 Å². The van der Waals surface area contributed by atoms with Gasteiger partial charge in [0.15, 0.2) is 0 Å². The summed E-state index contributed by atoms with van der Waals surface area (Å²) in [6.07, 6.45) is 3.34. The number of carbonyl (C=O) groups is 1. The van der Waals surface area contributed by atoms with Gasteiger partial charge in [-0.3, -0.25) is 10.3 Å². The average Bonchev–Trinajstić information content (AvgIpc) is 3.21. The normalized spacial score (nSPS) is 12.5. The van der Waals surface area contributed by atoms with E-state index in [0.717, 1.165) is 16.9 Å². The first-order chi connectivity index (χ1) is 15.8. The van der Waals surface area contributed by atoms with E-state index in [9.17, 15) is 15.0 Å². The highest BCUT2D eigenvalue weighted by Crippen LogP contribution is 2.27. The summed E-state index contributed by atoms with van der Waals surface area (Å²) in [5.41, 5.74) is 2.22. The van der Waals surface area contributed by atoms with Crippen LogP contribution in [0.15, 0.2) is 60.9 Å². The number of hydrogen-bond acceptors (Lipinski definition) is 6. The number of nitrogens with one attached hydrogen (secondary N) is 2. The number of amides is 2. The van der Waals surface area contributed by atoms with E-state index in [1.165, 1.54) is 0 Å². The van der Waals surface area contributed by atoms with Crippen molar-refractivity contribution in [2.45, 2.75) is 39.0 Å². The van der Waals surface area contributed by atoms with E-state index in [1.54, 1.807) is 37.0 Å². The second-order valence-corrected chi connectivity index (χ2v) is 8.36. The quantitative estimate of drug-likeness (QED) is 0.360. The minimum atomic E-state index is -1.20. The molecule has 9 nitrogen and oxygen atoms in total. The van der Waals surface area contributed by atoms with Crippen molar-refractivity contribution in [1.29, 1.82) is 0 Å². The van der Waals surface area contributed by atoms with Gasteiger partial charge in [0.1, 0.15) is 5.82 Å². The molecule has 1 aromatic carbocycles. The SMILES string of the molecule is Cc1cc(-n2ncc3cc(NC(=O)N[C@@H](c4ccccc4)C(C)(C)O)nc(CO)c32)ccn1. The summed E-state index contributed by atoms with van der Waals surface area (Å²) in [6, 6.07) is 13.5. The van der Waals surface area contributed by atoms with Crippen LogP contribution < -0.4 is 10.6 Å². The van der Waals surface area contributed by atoms with Crippen LogP contribution in [-0.2, 0) is 6.61 Å². The molecule has 4 N–H and O–H groups in total. The van der Waals surface area contributed by atoms with Gasteiger partial charge in [-0.2, -0.15) is 5.10 Å². The Labute approximate surface area is 191 Å². The van der Waals surface area contributed by atoms with Crippen LogP contribution in [0.5, 0.6) is 0 Å². The number of nitrogens with zero attached hydrogens (tertiary/aromatic N) is 4. The van der Waals surface area contributed by atoms with Gasteiger partial charge in [-0.15, -0.1) is 0 Å². The second-order valence-electron chi connectivity index (χ2n) is 8.36. The van der Waals surface area contributed by atoms with Gasteiger partial charge in [0.2, 0.25) is 0 Å². The molecule has 3 aromatic heterocycles. The maximum absolute atomic E-state index is 12.8. The van der Waals surface area contributed by atoms with Gasteiger partial charge in [-0.25, -0.2) is 14.5 Å². The molecule has 0 saturated carbocycles. The monoisotopic (exact) mass is 446 g/mol. The van der Waals surface area contributed by atoms with Crippen molar-refractivity contribution in [3.63, 3.8) is 0 Å². The van der Waals surface area contributed by atoms with Crippen molar-refractivity contribution in [3.8, 4) is 5.69 Å². The molecule has 3 heterocycles. The third kappa shape index (κ3) is 4.84. The van der Waals surface area contributed by atoms with Crippen LogP contribution in [0.3, 0.4) is 0 Å². The number of fused-ring (bicyclic) bond motifs is 1. The van der Waals surface area contributed by atoms with Crippen LogP contribution in [0.1, 0.15) is 36.8 Å². The molecule has 0 unspecified atom stereocenters. The molecule has 2 amide bonds. The third-order valence-electron chi connectivity index (χ3n) is 5.25. The number of aromatic nitrogens is 4. The van der Waals surface area contributed by atoms with Crippen LogP contribution in [0.2, 0.25) is 0 Å². The van der Waals surface area contributed by atoms with Crippen molar-refractivity contribution < 1.29 is 15.0 Å². The number of hydrogen-bond donors (Lipinski definition) is 4. The van der Waals surface area contributed by atoms with Crippen LogP contribution >= 0.6 is 0 Å². The van der Waals surface area contributed by atoms with E-state index < -0.39 is 17.7 Å². The van der Waals surface area contributed by atoms with Crippen molar-refractivity contribution in [1.82, 2.24) is 25.1 Å². The second kappa shape index (κ2) is 8.97. The zero-order chi connectivity index (χ0) is 23.6. The summed E-state index contributed by atoms with van der Waals surface area (Å²) in [5.74, 6) is 0.261. The molecule has 0 bridgehead atoms. The topological polar surface area (TPSA) is 125 Å². The Balaban J connectivity index is 1.62. The molecule has 0 fully saturated rings. The lowest BCUT2D eigenvalue weighted by molar-refractivity contribution is 0.0415. The molecule has 0 aliphatic rings. The zero-order valence-electron chi connectivity index (χ0n) is 18.6. The van der Waals surface area contributed by atoms with Gasteiger partial charge in [-0.1, -0.05) is 30.3 Å². The minimum absolute atomic E-state index is 0.261. The van der Waals surface area contributed by atoms with Crippen molar-refractivity contribution in [3.05, 3.63) is 77.9 Å². The van der Waals surface area contributed by atoms with Gasteiger partial charge in [-0.05, 0) is 44.5 Å². The Kier molecular flexibility index (Phi) is 6.08. The van der Waals surface area contributed by atoms with Gasteiger partial charge >= 0.3 is 6.03 Å². The van der Waals surface area contributed by atoms with Crippen molar-refractivity contribution >= 4 is 22.8 Å². The summed E-state index contributed by atoms with van der Waals surface area (Å²) in [7, 11) is 0. The largest absolute Gasteiger partial charge is 0.390 e. The molecule has 170 valence electrons. The maximum atomic E-state index is 12.8.